The van der Waals surface area contributed by atoms with Gasteiger partial charge >= 0.3 is 0 Å². The van der Waals surface area contributed by atoms with Gasteiger partial charge in [0.15, 0.2) is 0 Å². The topological polar surface area (TPSA) is 25.2 Å². The Hall–Kier alpha value is -1.51. The second-order valence-electron chi connectivity index (χ2n) is 4.77. The van der Waals surface area contributed by atoms with Crippen LogP contribution in [0.25, 0.3) is 5.70 Å². The zero-order valence-electron chi connectivity index (χ0n) is 12.0. The highest BCUT2D eigenvalue weighted by Gasteiger charge is 2.29. The second kappa shape index (κ2) is 4.63. The maximum absolute atomic E-state index is 12.2. The van der Waals surface area contributed by atoms with Crippen molar-refractivity contribution in [3.8, 4) is 0 Å². The summed E-state index contributed by atoms with van der Waals surface area (Å²) in [6.07, 6.45) is 2.76. The third-order valence-corrected chi connectivity index (χ3v) is 3.98. The fourth-order valence-electron chi connectivity index (χ4n) is 3.04. The number of rotatable bonds is 4. The molecule has 0 amide bonds. The lowest BCUT2D eigenvalue weighted by molar-refractivity contribution is 0.0972. The zero-order valence-corrected chi connectivity index (χ0v) is 12.0. The number of carbonyl (C=O) groups is 1. The lowest BCUT2D eigenvalue weighted by Crippen LogP contribution is -2.21. The van der Waals surface area contributed by atoms with Crippen LogP contribution in [0.2, 0.25) is 0 Å². The molecule has 2 rings (SSSR count). The monoisotopic (exact) mass is 246 g/mol. The molecule has 0 aliphatic carbocycles. The smallest absolute Gasteiger partial charge is 0.257 e. The summed E-state index contributed by atoms with van der Waals surface area (Å²) in [5, 5.41) is 0. The number of aromatic nitrogens is 1. The molecule has 1 aromatic heterocycles. The predicted octanol–water partition coefficient (Wildman–Crippen LogP) is 3.00. The fraction of sp³-hybridized carbons (Fsp3) is 0.533. The Bertz CT molecular complexity index is 519. The van der Waals surface area contributed by atoms with E-state index in [9.17, 15) is 4.79 Å². The molecule has 2 heterocycles. The first-order valence-electron chi connectivity index (χ1n) is 6.78. The predicted molar refractivity (Wildman–Crippen MR) is 74.8 cm³/mol. The maximum Gasteiger partial charge on any atom is 0.257 e. The first kappa shape index (κ1) is 12.9. The summed E-state index contributed by atoms with van der Waals surface area (Å²) in [5.41, 5.74) is 5.88. The number of hydrogen-bond donors (Lipinski definition) is 0. The first-order chi connectivity index (χ1) is 8.56. The summed E-state index contributed by atoms with van der Waals surface area (Å²) in [4.78, 5) is 14.4. The summed E-state index contributed by atoms with van der Waals surface area (Å²) in [6, 6.07) is 0. The molecule has 18 heavy (non-hydrogen) atoms. The Morgan fingerprint density at radius 2 is 1.78 bits per heavy atom. The Balaban J connectivity index is 2.61. The quantitative estimate of drug-likeness (QED) is 0.816. The Morgan fingerprint density at radius 3 is 2.28 bits per heavy atom. The largest absolute Gasteiger partial charge is 0.370 e. The lowest BCUT2D eigenvalue weighted by Gasteiger charge is -2.22. The van der Waals surface area contributed by atoms with Gasteiger partial charge in [0.2, 0.25) is 0 Å². The average Bonchev–Trinajstić information content (AvgIpc) is 2.80. The van der Waals surface area contributed by atoms with Gasteiger partial charge in [0.25, 0.3) is 5.91 Å². The third-order valence-electron chi connectivity index (χ3n) is 3.98. The highest BCUT2D eigenvalue weighted by molar-refractivity contribution is 6.04. The van der Waals surface area contributed by atoms with E-state index in [1.54, 1.807) is 6.08 Å². The highest BCUT2D eigenvalue weighted by Crippen LogP contribution is 2.34. The van der Waals surface area contributed by atoms with Crippen LogP contribution in [-0.2, 0) is 6.42 Å². The number of fused-ring (bicyclic) bond motifs is 1. The van der Waals surface area contributed by atoms with E-state index >= 15 is 0 Å². The van der Waals surface area contributed by atoms with Crippen LogP contribution in [-0.4, -0.2) is 28.5 Å². The summed E-state index contributed by atoms with van der Waals surface area (Å²) in [6.45, 7) is 12.4. The van der Waals surface area contributed by atoms with Gasteiger partial charge in [0.05, 0.1) is 11.4 Å². The van der Waals surface area contributed by atoms with Gasteiger partial charge in [-0.2, -0.15) is 0 Å². The van der Waals surface area contributed by atoms with Crippen LogP contribution < -0.4 is 0 Å². The van der Waals surface area contributed by atoms with Crippen molar-refractivity contribution < 1.29 is 4.79 Å². The van der Waals surface area contributed by atoms with Crippen molar-refractivity contribution >= 4 is 11.6 Å². The van der Waals surface area contributed by atoms with E-state index in [2.05, 4.69) is 32.6 Å². The summed E-state index contributed by atoms with van der Waals surface area (Å²) < 4.78 is 1.88. The molecule has 1 aromatic rings. The van der Waals surface area contributed by atoms with E-state index in [0.29, 0.717) is 0 Å². The molecule has 0 bridgehead atoms. The van der Waals surface area contributed by atoms with Crippen molar-refractivity contribution in [2.24, 2.45) is 0 Å². The molecule has 98 valence electrons. The Labute approximate surface area is 109 Å². The minimum absolute atomic E-state index is 0.104. The van der Waals surface area contributed by atoms with E-state index in [4.69, 9.17) is 0 Å². The molecular formula is C15H22N2O. The molecule has 0 saturated carbocycles. The van der Waals surface area contributed by atoms with Crippen LogP contribution in [0.1, 0.15) is 48.1 Å². The third kappa shape index (κ3) is 1.61. The van der Waals surface area contributed by atoms with E-state index in [0.717, 1.165) is 36.6 Å². The molecular weight excluding hydrogens is 224 g/mol. The van der Waals surface area contributed by atoms with Crippen LogP contribution >= 0.6 is 0 Å². The minimum atomic E-state index is 0.104. The van der Waals surface area contributed by atoms with Gasteiger partial charge in [-0.25, -0.2) is 0 Å². The highest BCUT2D eigenvalue weighted by atomic mass is 16.2. The van der Waals surface area contributed by atoms with Gasteiger partial charge in [-0.3, -0.25) is 9.36 Å². The Kier molecular flexibility index (Phi) is 3.33. The van der Waals surface area contributed by atoms with E-state index in [1.165, 1.54) is 11.1 Å². The van der Waals surface area contributed by atoms with Gasteiger partial charge in [0, 0.05) is 24.9 Å². The number of hydrogen-bond acceptors (Lipinski definition) is 2. The molecule has 3 nitrogen and oxygen atoms in total. The molecule has 3 heteroatoms. The van der Waals surface area contributed by atoms with Crippen molar-refractivity contribution in [1.82, 2.24) is 9.47 Å². The summed E-state index contributed by atoms with van der Waals surface area (Å²) in [5.74, 6) is 0.104. The Morgan fingerprint density at radius 1 is 1.17 bits per heavy atom. The molecule has 0 atom stereocenters. The SMILES string of the molecule is CCc1c(C)c2n(c1C)C(=O)C=C2N(CC)CC. The van der Waals surface area contributed by atoms with Crippen molar-refractivity contribution in [1.29, 1.82) is 0 Å². The van der Waals surface area contributed by atoms with Gasteiger partial charge in [-0.15, -0.1) is 0 Å². The van der Waals surface area contributed by atoms with Crippen LogP contribution in [0.15, 0.2) is 6.08 Å². The van der Waals surface area contributed by atoms with Crippen LogP contribution in [0.4, 0.5) is 0 Å². The van der Waals surface area contributed by atoms with Crippen LogP contribution in [0, 0.1) is 13.8 Å². The summed E-state index contributed by atoms with van der Waals surface area (Å²) in [7, 11) is 0. The molecule has 0 unspecified atom stereocenters. The second-order valence-corrected chi connectivity index (χ2v) is 4.77. The lowest BCUT2D eigenvalue weighted by atomic mass is 10.1. The molecule has 0 saturated heterocycles. The van der Waals surface area contributed by atoms with Crippen molar-refractivity contribution in [2.45, 2.75) is 41.0 Å². The minimum Gasteiger partial charge on any atom is -0.370 e. The van der Waals surface area contributed by atoms with Gasteiger partial charge < -0.3 is 4.90 Å². The molecule has 1 aliphatic heterocycles. The molecule has 0 N–H and O–H groups in total. The van der Waals surface area contributed by atoms with Crippen molar-refractivity contribution in [2.75, 3.05) is 13.1 Å². The molecule has 1 aliphatic rings. The molecule has 0 aromatic carbocycles. The molecule has 0 spiro atoms. The number of carbonyl (C=O) groups excluding carboxylic acids is 1. The average molecular weight is 246 g/mol. The van der Waals surface area contributed by atoms with E-state index in [-0.39, 0.29) is 5.91 Å². The van der Waals surface area contributed by atoms with Gasteiger partial charge in [-0.1, -0.05) is 6.92 Å². The first-order valence-corrected chi connectivity index (χ1v) is 6.78. The van der Waals surface area contributed by atoms with Gasteiger partial charge in [-0.05, 0) is 45.2 Å². The maximum atomic E-state index is 12.2. The summed E-state index contributed by atoms with van der Waals surface area (Å²) >= 11 is 0. The molecule has 0 radical (unpaired) electrons. The fourth-order valence-corrected chi connectivity index (χ4v) is 3.04. The normalized spacial score (nSPS) is 13.8. The van der Waals surface area contributed by atoms with Crippen molar-refractivity contribution in [3.05, 3.63) is 28.6 Å². The van der Waals surface area contributed by atoms with E-state index < -0.39 is 0 Å². The van der Waals surface area contributed by atoms with E-state index in [1.807, 2.05) is 11.5 Å². The molecule has 0 fully saturated rings. The van der Waals surface area contributed by atoms with Gasteiger partial charge in [0.1, 0.15) is 0 Å². The van der Waals surface area contributed by atoms with Crippen LogP contribution in [0.5, 0.6) is 0 Å². The zero-order chi connectivity index (χ0) is 13.4. The van der Waals surface area contributed by atoms with Crippen molar-refractivity contribution in [3.63, 3.8) is 0 Å². The van der Waals surface area contributed by atoms with Crippen LogP contribution in [0.3, 0.4) is 0 Å². The number of nitrogens with zero attached hydrogens (tertiary/aromatic N) is 2. The number of allylic oxidation sites excluding steroid dienone is 1. The standard InChI is InChI=1S/C15H22N2O/c1-6-12-10(4)15-13(16(7-2)8-3)9-14(18)17(15)11(12)5/h9H,6-8H2,1-5H3.